The zero-order valence-corrected chi connectivity index (χ0v) is 13.3. The number of nitrogens with zero attached hydrogens (tertiary/aromatic N) is 1. The largest absolute Gasteiger partial charge is 0.480 e. The number of hydrogen-bond acceptors (Lipinski definition) is 3. The van der Waals surface area contributed by atoms with Crippen LogP contribution in [0.25, 0.3) is 0 Å². The minimum Gasteiger partial charge on any atom is -0.480 e. The summed E-state index contributed by atoms with van der Waals surface area (Å²) >= 11 is 0. The summed E-state index contributed by atoms with van der Waals surface area (Å²) in [6.45, 7) is 6.93. The van der Waals surface area contributed by atoms with Crippen molar-refractivity contribution in [2.45, 2.75) is 65.0 Å². The molecule has 2 amide bonds. The van der Waals surface area contributed by atoms with Gasteiger partial charge in [-0.3, -0.25) is 0 Å². The van der Waals surface area contributed by atoms with Gasteiger partial charge in [-0.05, 0) is 11.8 Å². The van der Waals surface area contributed by atoms with E-state index < -0.39 is 24.1 Å². The number of unbranched alkanes of at least 4 members (excludes halogenated alkanes) is 2. The predicted octanol–water partition coefficient (Wildman–Crippen LogP) is 1.82. The molecule has 1 heterocycles. The number of aliphatic hydroxyl groups excluding tert-OH is 1. The molecule has 0 bridgehead atoms. The fourth-order valence-corrected chi connectivity index (χ4v) is 2.63. The molecule has 122 valence electrons. The molecule has 1 aliphatic rings. The van der Waals surface area contributed by atoms with Crippen LogP contribution >= 0.6 is 0 Å². The first-order chi connectivity index (χ1) is 9.76. The van der Waals surface area contributed by atoms with E-state index in [-0.39, 0.29) is 18.4 Å². The highest BCUT2D eigenvalue weighted by molar-refractivity contribution is 5.83. The number of carboxylic acid groups (broad SMARTS) is 1. The maximum atomic E-state index is 12.1. The Labute approximate surface area is 126 Å². The maximum absolute atomic E-state index is 12.1. The quantitative estimate of drug-likeness (QED) is 0.626. The minimum absolute atomic E-state index is 0.0120. The molecule has 6 nitrogen and oxygen atoms in total. The molecule has 0 aromatic heterocycles. The SMILES string of the molecule is CCCCCC(C)(C)CNC(=O)N1C[C@H](O)C[C@@H]1C(=O)O. The number of aliphatic hydroxyl groups is 1. The van der Waals surface area contributed by atoms with Crippen LogP contribution in [-0.4, -0.2) is 52.3 Å². The van der Waals surface area contributed by atoms with E-state index in [1.807, 2.05) is 0 Å². The van der Waals surface area contributed by atoms with Gasteiger partial charge in [0.25, 0.3) is 0 Å². The van der Waals surface area contributed by atoms with E-state index in [1.54, 1.807) is 0 Å². The first-order valence-corrected chi connectivity index (χ1v) is 7.72. The predicted molar refractivity (Wildman–Crippen MR) is 80.1 cm³/mol. The van der Waals surface area contributed by atoms with Crippen LogP contribution in [-0.2, 0) is 4.79 Å². The third kappa shape index (κ3) is 5.53. The van der Waals surface area contributed by atoms with Gasteiger partial charge in [0.1, 0.15) is 6.04 Å². The summed E-state index contributed by atoms with van der Waals surface area (Å²) < 4.78 is 0. The van der Waals surface area contributed by atoms with E-state index in [1.165, 1.54) is 11.3 Å². The summed E-state index contributed by atoms with van der Waals surface area (Å²) in [6.07, 6.45) is 3.83. The Balaban J connectivity index is 2.47. The van der Waals surface area contributed by atoms with Gasteiger partial charge < -0.3 is 20.4 Å². The molecular formula is C15H28N2O4. The van der Waals surface area contributed by atoms with Gasteiger partial charge in [0, 0.05) is 19.5 Å². The molecule has 21 heavy (non-hydrogen) atoms. The Kier molecular flexibility index (Phi) is 6.45. The second-order valence-corrected chi connectivity index (χ2v) is 6.68. The number of carbonyl (C=O) groups is 2. The van der Waals surface area contributed by atoms with Crippen molar-refractivity contribution in [1.82, 2.24) is 10.2 Å². The van der Waals surface area contributed by atoms with Crippen LogP contribution in [0.5, 0.6) is 0 Å². The zero-order valence-electron chi connectivity index (χ0n) is 13.3. The first-order valence-electron chi connectivity index (χ1n) is 7.72. The van der Waals surface area contributed by atoms with Crippen LogP contribution in [0.4, 0.5) is 4.79 Å². The Morgan fingerprint density at radius 1 is 1.33 bits per heavy atom. The van der Waals surface area contributed by atoms with Crippen molar-refractivity contribution in [2.75, 3.05) is 13.1 Å². The smallest absolute Gasteiger partial charge is 0.326 e. The molecule has 0 unspecified atom stereocenters. The van der Waals surface area contributed by atoms with Crippen molar-refractivity contribution >= 4 is 12.0 Å². The molecule has 0 saturated carbocycles. The number of rotatable bonds is 7. The zero-order chi connectivity index (χ0) is 16.0. The van der Waals surface area contributed by atoms with Crippen molar-refractivity contribution in [1.29, 1.82) is 0 Å². The molecule has 0 radical (unpaired) electrons. The highest BCUT2D eigenvalue weighted by atomic mass is 16.4. The molecule has 0 aromatic carbocycles. The Bertz CT molecular complexity index is 371. The number of aliphatic carboxylic acids is 1. The van der Waals surface area contributed by atoms with Crippen LogP contribution in [0.3, 0.4) is 0 Å². The number of nitrogens with one attached hydrogen (secondary N) is 1. The van der Waals surface area contributed by atoms with Gasteiger partial charge in [-0.15, -0.1) is 0 Å². The Morgan fingerprint density at radius 3 is 2.57 bits per heavy atom. The van der Waals surface area contributed by atoms with Crippen molar-refractivity contribution in [2.24, 2.45) is 5.41 Å². The van der Waals surface area contributed by atoms with E-state index in [2.05, 4.69) is 26.1 Å². The molecule has 0 spiro atoms. The Morgan fingerprint density at radius 2 is 2.00 bits per heavy atom. The third-order valence-corrected chi connectivity index (χ3v) is 4.00. The lowest BCUT2D eigenvalue weighted by Crippen LogP contribution is -2.48. The highest BCUT2D eigenvalue weighted by Gasteiger charge is 2.39. The average molecular weight is 300 g/mol. The normalized spacial score (nSPS) is 22.4. The molecule has 1 fully saturated rings. The molecule has 0 aromatic rings. The number of amides is 2. The van der Waals surface area contributed by atoms with Crippen molar-refractivity contribution in [3.05, 3.63) is 0 Å². The molecular weight excluding hydrogens is 272 g/mol. The van der Waals surface area contributed by atoms with E-state index in [9.17, 15) is 14.7 Å². The number of hydrogen-bond donors (Lipinski definition) is 3. The van der Waals surface area contributed by atoms with Gasteiger partial charge in [0.05, 0.1) is 6.10 Å². The molecule has 1 saturated heterocycles. The first kappa shape index (κ1) is 17.8. The lowest BCUT2D eigenvalue weighted by atomic mass is 9.87. The summed E-state index contributed by atoms with van der Waals surface area (Å²) in [7, 11) is 0. The standard InChI is InChI=1S/C15H28N2O4/c1-4-5-6-7-15(2,3)10-16-14(21)17-9-11(18)8-12(17)13(19)20/h11-12,18H,4-10H2,1-3H3,(H,16,21)(H,19,20)/t11-,12-/m1/s1. The van der Waals surface area contributed by atoms with Crippen LogP contribution in [0, 0.1) is 5.41 Å². The topological polar surface area (TPSA) is 89.9 Å². The average Bonchev–Trinajstić information content (AvgIpc) is 2.79. The van der Waals surface area contributed by atoms with Crippen molar-refractivity contribution in [3.8, 4) is 0 Å². The van der Waals surface area contributed by atoms with E-state index in [0.717, 1.165) is 19.3 Å². The van der Waals surface area contributed by atoms with Crippen LogP contribution < -0.4 is 5.32 Å². The maximum Gasteiger partial charge on any atom is 0.326 e. The summed E-state index contributed by atoms with van der Waals surface area (Å²) in [6, 6.07) is -1.33. The van der Waals surface area contributed by atoms with Crippen molar-refractivity contribution in [3.63, 3.8) is 0 Å². The molecule has 6 heteroatoms. The number of β-amino-alcohol motifs (C(OH)–C–C–N with tert-alkyl or cyclic N) is 1. The second-order valence-electron chi connectivity index (χ2n) is 6.68. The number of carboxylic acids is 1. The Hall–Kier alpha value is -1.30. The fourth-order valence-electron chi connectivity index (χ4n) is 2.63. The second kappa shape index (κ2) is 7.64. The van der Waals surface area contributed by atoms with Gasteiger partial charge in [0.2, 0.25) is 0 Å². The van der Waals surface area contributed by atoms with Crippen molar-refractivity contribution < 1.29 is 19.8 Å². The lowest BCUT2D eigenvalue weighted by Gasteiger charge is -2.28. The number of likely N-dealkylation sites (tertiary alicyclic amines) is 1. The summed E-state index contributed by atoms with van der Waals surface area (Å²) in [5.41, 5.74) is -0.0120. The van der Waals surface area contributed by atoms with Crippen LogP contribution in [0.1, 0.15) is 52.9 Å². The number of carbonyl (C=O) groups excluding carboxylic acids is 1. The summed E-state index contributed by atoms with van der Waals surface area (Å²) in [5.74, 6) is -1.07. The minimum atomic E-state index is -1.07. The fraction of sp³-hybridized carbons (Fsp3) is 0.867. The van der Waals surface area contributed by atoms with Crippen LogP contribution in [0.15, 0.2) is 0 Å². The summed E-state index contributed by atoms with van der Waals surface area (Å²) in [5, 5.41) is 21.5. The van der Waals surface area contributed by atoms with Gasteiger partial charge in [-0.1, -0.05) is 40.0 Å². The van der Waals surface area contributed by atoms with Gasteiger partial charge in [-0.2, -0.15) is 0 Å². The monoisotopic (exact) mass is 300 g/mol. The van der Waals surface area contributed by atoms with Gasteiger partial charge in [0.15, 0.2) is 0 Å². The number of urea groups is 1. The molecule has 2 atom stereocenters. The molecule has 1 aliphatic heterocycles. The van der Waals surface area contributed by atoms with E-state index >= 15 is 0 Å². The molecule has 1 rings (SSSR count). The van der Waals surface area contributed by atoms with Gasteiger partial charge >= 0.3 is 12.0 Å². The van der Waals surface area contributed by atoms with Gasteiger partial charge in [-0.25, -0.2) is 9.59 Å². The van der Waals surface area contributed by atoms with Crippen LogP contribution in [0.2, 0.25) is 0 Å². The lowest BCUT2D eigenvalue weighted by molar-refractivity contribution is -0.141. The van der Waals surface area contributed by atoms with E-state index in [0.29, 0.717) is 6.54 Å². The highest BCUT2D eigenvalue weighted by Crippen LogP contribution is 2.23. The molecule has 3 N–H and O–H groups in total. The van der Waals surface area contributed by atoms with E-state index in [4.69, 9.17) is 5.11 Å². The summed E-state index contributed by atoms with van der Waals surface area (Å²) in [4.78, 5) is 24.4. The molecule has 0 aliphatic carbocycles. The third-order valence-electron chi connectivity index (χ3n) is 4.00.